The molecular formula is C31H38ClN3O5S. The first kappa shape index (κ1) is 32.0. The van der Waals surface area contributed by atoms with Crippen LogP contribution in [0.25, 0.3) is 0 Å². The third kappa shape index (κ3) is 8.24. The Bertz CT molecular complexity index is 1460. The Labute approximate surface area is 248 Å². The smallest absolute Gasteiger partial charge is 0.264 e. The zero-order chi connectivity index (χ0) is 30.2. The monoisotopic (exact) mass is 599 g/mol. The molecule has 2 amide bonds. The van der Waals surface area contributed by atoms with Crippen LogP contribution in [0.15, 0.2) is 71.6 Å². The molecule has 1 atom stereocenters. The van der Waals surface area contributed by atoms with E-state index >= 15 is 0 Å². The minimum Gasteiger partial charge on any atom is -0.495 e. The van der Waals surface area contributed by atoms with Gasteiger partial charge in [-0.15, -0.1) is 0 Å². The Morgan fingerprint density at radius 1 is 1.00 bits per heavy atom. The first-order chi connectivity index (χ1) is 19.5. The number of benzene rings is 3. The summed E-state index contributed by atoms with van der Waals surface area (Å²) in [7, 11) is -2.83. The number of anilines is 1. The van der Waals surface area contributed by atoms with Crippen molar-refractivity contribution >= 4 is 39.1 Å². The van der Waals surface area contributed by atoms with Gasteiger partial charge in [0, 0.05) is 18.1 Å². The van der Waals surface area contributed by atoms with Crippen LogP contribution in [-0.4, -0.2) is 51.4 Å². The van der Waals surface area contributed by atoms with Gasteiger partial charge in [-0.05, 0) is 63.1 Å². The van der Waals surface area contributed by atoms with Gasteiger partial charge in [-0.2, -0.15) is 0 Å². The molecule has 0 saturated heterocycles. The van der Waals surface area contributed by atoms with Gasteiger partial charge in [0.1, 0.15) is 18.3 Å². The van der Waals surface area contributed by atoms with Crippen molar-refractivity contribution in [1.82, 2.24) is 10.2 Å². The van der Waals surface area contributed by atoms with Crippen LogP contribution in [0.1, 0.15) is 43.4 Å². The van der Waals surface area contributed by atoms with Crippen LogP contribution >= 0.6 is 11.6 Å². The molecule has 220 valence electrons. The number of nitrogens with one attached hydrogen (secondary N) is 1. The van der Waals surface area contributed by atoms with E-state index in [4.69, 9.17) is 16.3 Å². The Kier molecular flexibility index (Phi) is 11.2. The van der Waals surface area contributed by atoms with E-state index in [-0.39, 0.29) is 33.8 Å². The van der Waals surface area contributed by atoms with Crippen molar-refractivity contribution in [2.75, 3.05) is 24.5 Å². The number of aryl methyl sites for hydroxylation is 2. The summed E-state index contributed by atoms with van der Waals surface area (Å²) < 4.78 is 34.5. The summed E-state index contributed by atoms with van der Waals surface area (Å²) in [4.78, 5) is 28.6. The van der Waals surface area contributed by atoms with Crippen LogP contribution in [0.2, 0.25) is 5.02 Å². The zero-order valence-corrected chi connectivity index (χ0v) is 25.8. The molecule has 0 fully saturated rings. The second-order valence-corrected chi connectivity index (χ2v) is 12.3. The van der Waals surface area contributed by atoms with Crippen molar-refractivity contribution in [2.45, 2.75) is 58.0 Å². The van der Waals surface area contributed by atoms with Gasteiger partial charge in [0.2, 0.25) is 11.8 Å². The fourth-order valence-corrected chi connectivity index (χ4v) is 5.92. The van der Waals surface area contributed by atoms with Crippen molar-refractivity contribution in [2.24, 2.45) is 0 Å². The van der Waals surface area contributed by atoms with Gasteiger partial charge in [0.15, 0.2) is 0 Å². The van der Waals surface area contributed by atoms with Crippen molar-refractivity contribution in [3.05, 3.63) is 88.4 Å². The van der Waals surface area contributed by atoms with E-state index in [0.717, 1.165) is 33.8 Å². The first-order valence-corrected chi connectivity index (χ1v) is 15.4. The second-order valence-electron chi connectivity index (χ2n) is 9.97. The number of carbonyl (C=O) groups excluding carboxylic acids is 2. The molecule has 0 aromatic heterocycles. The Balaban J connectivity index is 2.07. The highest BCUT2D eigenvalue weighted by atomic mass is 35.5. The predicted octanol–water partition coefficient (Wildman–Crippen LogP) is 5.49. The van der Waals surface area contributed by atoms with Crippen molar-refractivity contribution in [1.29, 1.82) is 0 Å². The lowest BCUT2D eigenvalue weighted by Gasteiger charge is -2.32. The Morgan fingerprint density at radius 3 is 2.34 bits per heavy atom. The summed E-state index contributed by atoms with van der Waals surface area (Å²) in [5, 5.41) is 3.16. The zero-order valence-electron chi connectivity index (χ0n) is 24.2. The van der Waals surface area contributed by atoms with Gasteiger partial charge in [-0.1, -0.05) is 72.5 Å². The molecule has 3 aromatic rings. The topological polar surface area (TPSA) is 96.0 Å². The number of halogens is 1. The molecule has 0 heterocycles. The molecule has 0 aliphatic carbocycles. The molecule has 3 aromatic carbocycles. The maximum Gasteiger partial charge on any atom is 0.264 e. The number of methoxy groups -OCH3 is 1. The molecule has 41 heavy (non-hydrogen) atoms. The van der Waals surface area contributed by atoms with Gasteiger partial charge >= 0.3 is 0 Å². The highest BCUT2D eigenvalue weighted by Crippen LogP contribution is 2.35. The average Bonchev–Trinajstić information content (AvgIpc) is 2.94. The molecular weight excluding hydrogens is 562 g/mol. The van der Waals surface area contributed by atoms with E-state index in [9.17, 15) is 18.0 Å². The first-order valence-electron chi connectivity index (χ1n) is 13.5. The lowest BCUT2D eigenvalue weighted by Crippen LogP contribution is -2.51. The van der Waals surface area contributed by atoms with Crippen LogP contribution in [0.5, 0.6) is 5.75 Å². The molecule has 0 bridgehead atoms. The minimum absolute atomic E-state index is 0.00789. The molecule has 10 heteroatoms. The van der Waals surface area contributed by atoms with Gasteiger partial charge in [-0.3, -0.25) is 13.9 Å². The maximum atomic E-state index is 14.1. The summed E-state index contributed by atoms with van der Waals surface area (Å²) in [6, 6.07) is 17.7. The number of nitrogens with zero attached hydrogens (tertiary/aromatic N) is 2. The largest absolute Gasteiger partial charge is 0.495 e. The van der Waals surface area contributed by atoms with Gasteiger partial charge in [0.25, 0.3) is 10.0 Å². The molecule has 1 N–H and O–H groups in total. The maximum absolute atomic E-state index is 14.1. The third-order valence-electron chi connectivity index (χ3n) is 6.73. The number of unbranched alkanes of at least 4 members (excludes halogenated alkanes) is 1. The summed E-state index contributed by atoms with van der Waals surface area (Å²) in [6.45, 7) is 7.49. The van der Waals surface area contributed by atoms with Crippen LogP contribution in [0, 0.1) is 13.8 Å². The normalized spacial score (nSPS) is 12.0. The van der Waals surface area contributed by atoms with Crippen molar-refractivity contribution in [3.8, 4) is 5.75 Å². The van der Waals surface area contributed by atoms with E-state index in [0.29, 0.717) is 6.54 Å². The molecule has 0 aliphatic heterocycles. The lowest BCUT2D eigenvalue weighted by molar-refractivity contribution is -0.139. The number of hydrogen-bond acceptors (Lipinski definition) is 5. The van der Waals surface area contributed by atoms with E-state index in [2.05, 4.69) is 5.32 Å². The van der Waals surface area contributed by atoms with E-state index in [1.165, 1.54) is 30.2 Å². The fraction of sp³-hybridized carbons (Fsp3) is 0.355. The Morgan fingerprint density at radius 2 is 1.71 bits per heavy atom. The standard InChI is InChI=1S/C31H38ClN3O5S/c1-6-7-17-33-31(37)24(4)34(20-25-10-8-9-23(3)18-25)30(36)21-35(28-19-26(32)13-16-29(28)40-5)41(38,39)27-14-11-22(2)12-15-27/h8-16,18-19,24H,6-7,17,20-21H2,1-5H3,(H,33,37)/t24-/m0/s1. The summed E-state index contributed by atoms with van der Waals surface area (Å²) in [6.07, 6.45) is 1.72. The predicted molar refractivity (Wildman–Crippen MR) is 163 cm³/mol. The van der Waals surface area contributed by atoms with E-state index < -0.39 is 28.5 Å². The van der Waals surface area contributed by atoms with Gasteiger partial charge in [0.05, 0.1) is 17.7 Å². The summed E-state index contributed by atoms with van der Waals surface area (Å²) in [5.41, 5.74) is 2.82. The third-order valence-corrected chi connectivity index (χ3v) is 8.74. The van der Waals surface area contributed by atoms with Crippen LogP contribution in [-0.2, 0) is 26.2 Å². The molecule has 0 radical (unpaired) electrons. The van der Waals surface area contributed by atoms with Crippen molar-refractivity contribution in [3.63, 3.8) is 0 Å². The van der Waals surface area contributed by atoms with Crippen molar-refractivity contribution < 1.29 is 22.7 Å². The number of amides is 2. The second kappa shape index (κ2) is 14.4. The Hall–Kier alpha value is -3.56. The highest BCUT2D eigenvalue weighted by molar-refractivity contribution is 7.92. The number of ether oxygens (including phenoxy) is 1. The lowest BCUT2D eigenvalue weighted by atomic mass is 10.1. The summed E-state index contributed by atoms with van der Waals surface area (Å²) >= 11 is 6.28. The molecule has 0 unspecified atom stereocenters. The molecule has 0 saturated carbocycles. The molecule has 0 aliphatic rings. The van der Waals surface area contributed by atoms with Crippen LogP contribution in [0.3, 0.4) is 0 Å². The quantitative estimate of drug-likeness (QED) is 0.262. The average molecular weight is 600 g/mol. The molecule has 8 nitrogen and oxygen atoms in total. The fourth-order valence-electron chi connectivity index (χ4n) is 4.33. The van der Waals surface area contributed by atoms with E-state index in [1.54, 1.807) is 31.2 Å². The summed E-state index contributed by atoms with van der Waals surface area (Å²) in [5.74, 6) is -0.636. The SMILES string of the molecule is CCCCNC(=O)[C@H](C)N(Cc1cccc(C)c1)C(=O)CN(c1cc(Cl)ccc1OC)S(=O)(=O)c1ccc(C)cc1. The number of hydrogen-bond donors (Lipinski definition) is 1. The highest BCUT2D eigenvalue weighted by Gasteiger charge is 2.34. The number of carbonyl (C=O) groups is 2. The number of sulfonamides is 1. The minimum atomic E-state index is -4.25. The molecule has 0 spiro atoms. The van der Waals surface area contributed by atoms with Gasteiger partial charge in [-0.25, -0.2) is 8.42 Å². The van der Waals surface area contributed by atoms with Crippen LogP contribution < -0.4 is 14.4 Å². The van der Waals surface area contributed by atoms with E-state index in [1.807, 2.05) is 45.0 Å². The van der Waals surface area contributed by atoms with Gasteiger partial charge < -0.3 is 15.0 Å². The number of rotatable bonds is 13. The van der Waals surface area contributed by atoms with Crippen LogP contribution in [0.4, 0.5) is 5.69 Å². The molecule has 3 rings (SSSR count).